The molecule has 100 valence electrons. The largest absolute Gasteiger partial charge is 0.505 e. The first-order valence-electron chi connectivity index (χ1n) is 5.37. The fraction of sp³-hybridized carbons (Fsp3) is 0.417. The summed E-state index contributed by atoms with van der Waals surface area (Å²) < 4.78 is 0. The van der Waals surface area contributed by atoms with E-state index in [-0.39, 0.29) is 27.1 Å². The number of phenols is 1. The van der Waals surface area contributed by atoms with Crippen molar-refractivity contribution >= 4 is 34.8 Å². The Hall–Kier alpha value is -0.970. The zero-order valence-electron chi connectivity index (χ0n) is 10.4. The number of nitrogens with one attached hydrogen (secondary N) is 1. The molecule has 0 saturated carbocycles. The van der Waals surface area contributed by atoms with E-state index in [4.69, 9.17) is 28.9 Å². The molecule has 0 fully saturated rings. The summed E-state index contributed by atoms with van der Waals surface area (Å²) in [6.45, 7) is 5.61. The zero-order chi connectivity index (χ0) is 14.1. The second-order valence-corrected chi connectivity index (χ2v) is 5.94. The van der Waals surface area contributed by atoms with E-state index >= 15 is 0 Å². The third kappa shape index (κ3) is 3.51. The highest BCUT2D eigenvalue weighted by atomic mass is 35.5. The molecule has 1 aromatic carbocycles. The number of hydrogen-bond acceptors (Lipinski definition) is 3. The summed E-state index contributed by atoms with van der Waals surface area (Å²) in [4.78, 5) is 11.9. The van der Waals surface area contributed by atoms with E-state index in [1.807, 2.05) is 20.8 Å². The Morgan fingerprint density at radius 2 is 1.78 bits per heavy atom. The van der Waals surface area contributed by atoms with Crippen LogP contribution in [0.1, 0.15) is 20.8 Å². The number of amides is 1. The highest BCUT2D eigenvalue weighted by molar-refractivity contribution is 6.37. The SMILES string of the molecule is CC(C)(C)[C@H](N)C(=O)Nc1cc(Cl)c(O)c(Cl)c1. The van der Waals surface area contributed by atoms with Crippen molar-refractivity contribution in [3.05, 3.63) is 22.2 Å². The summed E-state index contributed by atoms with van der Waals surface area (Å²) in [5.74, 6) is -0.545. The van der Waals surface area contributed by atoms with E-state index in [2.05, 4.69) is 5.32 Å². The first-order chi connectivity index (χ1) is 8.12. The Bertz CT molecular complexity index is 447. The van der Waals surface area contributed by atoms with Gasteiger partial charge in [-0.2, -0.15) is 0 Å². The Morgan fingerprint density at radius 3 is 2.17 bits per heavy atom. The fourth-order valence-electron chi connectivity index (χ4n) is 1.25. The number of carbonyl (C=O) groups is 1. The Labute approximate surface area is 116 Å². The predicted octanol–water partition coefficient (Wildman–Crippen LogP) is 3.01. The second-order valence-electron chi connectivity index (χ2n) is 5.12. The van der Waals surface area contributed by atoms with Gasteiger partial charge in [-0.05, 0) is 17.5 Å². The van der Waals surface area contributed by atoms with E-state index < -0.39 is 6.04 Å². The molecular weight excluding hydrogens is 275 g/mol. The number of aromatic hydroxyl groups is 1. The molecule has 0 aliphatic heterocycles. The molecule has 1 rings (SSSR count). The molecule has 0 heterocycles. The number of halogens is 2. The van der Waals surface area contributed by atoms with Crippen LogP contribution in [0.2, 0.25) is 10.0 Å². The maximum atomic E-state index is 11.9. The maximum Gasteiger partial charge on any atom is 0.241 e. The van der Waals surface area contributed by atoms with Crippen LogP contribution in [-0.4, -0.2) is 17.1 Å². The Morgan fingerprint density at radius 1 is 1.33 bits per heavy atom. The van der Waals surface area contributed by atoms with Gasteiger partial charge in [0.2, 0.25) is 5.91 Å². The van der Waals surface area contributed by atoms with Gasteiger partial charge < -0.3 is 16.2 Å². The van der Waals surface area contributed by atoms with Crippen molar-refractivity contribution in [2.45, 2.75) is 26.8 Å². The monoisotopic (exact) mass is 290 g/mol. The van der Waals surface area contributed by atoms with Crippen LogP contribution >= 0.6 is 23.2 Å². The summed E-state index contributed by atoms with van der Waals surface area (Å²) in [7, 11) is 0. The maximum absolute atomic E-state index is 11.9. The molecule has 6 heteroatoms. The number of benzene rings is 1. The number of carbonyl (C=O) groups excluding carboxylic acids is 1. The zero-order valence-corrected chi connectivity index (χ0v) is 11.9. The van der Waals surface area contributed by atoms with Crippen molar-refractivity contribution in [1.29, 1.82) is 0 Å². The minimum atomic E-state index is -0.663. The van der Waals surface area contributed by atoms with Crippen LogP contribution in [0, 0.1) is 5.41 Å². The van der Waals surface area contributed by atoms with Crippen molar-refractivity contribution in [2.24, 2.45) is 11.1 Å². The number of anilines is 1. The fourth-order valence-corrected chi connectivity index (χ4v) is 1.74. The van der Waals surface area contributed by atoms with Crippen LogP contribution in [0.15, 0.2) is 12.1 Å². The van der Waals surface area contributed by atoms with Gasteiger partial charge in [0.1, 0.15) is 0 Å². The lowest BCUT2D eigenvalue weighted by atomic mass is 9.87. The van der Waals surface area contributed by atoms with Gasteiger partial charge >= 0.3 is 0 Å². The van der Waals surface area contributed by atoms with Gasteiger partial charge in [-0.1, -0.05) is 44.0 Å². The Kier molecular flexibility index (Phi) is 4.48. The smallest absolute Gasteiger partial charge is 0.241 e. The molecule has 0 aliphatic rings. The molecule has 0 aliphatic carbocycles. The van der Waals surface area contributed by atoms with Gasteiger partial charge in [0.25, 0.3) is 0 Å². The molecule has 0 bridgehead atoms. The van der Waals surface area contributed by atoms with Crippen molar-refractivity contribution in [3.8, 4) is 5.75 Å². The molecule has 4 nitrogen and oxygen atoms in total. The number of nitrogens with two attached hydrogens (primary N) is 1. The minimum absolute atomic E-state index is 0.0714. The summed E-state index contributed by atoms with van der Waals surface area (Å²) >= 11 is 11.5. The van der Waals surface area contributed by atoms with Gasteiger partial charge in [-0.15, -0.1) is 0 Å². The first kappa shape index (κ1) is 15.1. The molecular formula is C12H16Cl2N2O2. The van der Waals surface area contributed by atoms with E-state index in [0.717, 1.165) is 0 Å². The summed E-state index contributed by atoms with van der Waals surface area (Å²) in [5.41, 5.74) is 5.86. The minimum Gasteiger partial charge on any atom is -0.505 e. The molecule has 0 aromatic heterocycles. The van der Waals surface area contributed by atoms with Gasteiger partial charge in [0.05, 0.1) is 16.1 Å². The van der Waals surface area contributed by atoms with E-state index in [0.29, 0.717) is 5.69 Å². The standard InChI is InChI=1S/C12H16Cl2N2O2/c1-12(2,3)10(15)11(18)16-6-4-7(13)9(17)8(14)5-6/h4-5,10,17H,15H2,1-3H3,(H,16,18)/t10-/m1/s1. The van der Waals surface area contributed by atoms with Crippen molar-refractivity contribution in [2.75, 3.05) is 5.32 Å². The van der Waals surface area contributed by atoms with Crippen molar-refractivity contribution < 1.29 is 9.90 Å². The topological polar surface area (TPSA) is 75.4 Å². The van der Waals surface area contributed by atoms with Crippen LogP contribution in [0.25, 0.3) is 0 Å². The highest BCUT2D eigenvalue weighted by Gasteiger charge is 2.27. The molecule has 0 radical (unpaired) electrons. The summed E-state index contributed by atoms with van der Waals surface area (Å²) in [6, 6.07) is 2.16. The molecule has 0 spiro atoms. The third-order valence-electron chi connectivity index (χ3n) is 2.50. The summed E-state index contributed by atoms with van der Waals surface area (Å²) in [6.07, 6.45) is 0. The third-order valence-corrected chi connectivity index (χ3v) is 3.08. The molecule has 0 unspecified atom stereocenters. The second kappa shape index (κ2) is 5.34. The van der Waals surface area contributed by atoms with Gasteiger partial charge in [0.15, 0.2) is 5.75 Å². The lowest BCUT2D eigenvalue weighted by molar-refractivity contribution is -0.119. The van der Waals surface area contributed by atoms with Gasteiger partial charge in [-0.3, -0.25) is 4.79 Å². The normalized spacial score (nSPS) is 13.2. The van der Waals surface area contributed by atoms with Crippen LogP contribution in [-0.2, 0) is 4.79 Å². The molecule has 1 amide bonds. The molecule has 0 saturated heterocycles. The van der Waals surface area contributed by atoms with Gasteiger partial charge in [0, 0.05) is 5.69 Å². The average molecular weight is 291 g/mol. The van der Waals surface area contributed by atoms with Crippen LogP contribution in [0.5, 0.6) is 5.75 Å². The number of rotatable bonds is 2. The number of phenolic OH excluding ortho intramolecular Hbond substituents is 1. The Balaban J connectivity index is 2.90. The van der Waals surface area contributed by atoms with E-state index in [1.165, 1.54) is 12.1 Å². The van der Waals surface area contributed by atoms with E-state index in [9.17, 15) is 9.90 Å². The molecule has 18 heavy (non-hydrogen) atoms. The highest BCUT2D eigenvalue weighted by Crippen LogP contribution is 2.34. The number of hydrogen-bond donors (Lipinski definition) is 3. The van der Waals surface area contributed by atoms with Crippen molar-refractivity contribution in [3.63, 3.8) is 0 Å². The summed E-state index contributed by atoms with van der Waals surface area (Å²) in [5, 5.41) is 12.2. The van der Waals surface area contributed by atoms with Crippen LogP contribution < -0.4 is 11.1 Å². The molecule has 4 N–H and O–H groups in total. The quantitative estimate of drug-likeness (QED) is 0.733. The van der Waals surface area contributed by atoms with Gasteiger partial charge in [-0.25, -0.2) is 0 Å². The average Bonchev–Trinajstić information content (AvgIpc) is 2.23. The van der Waals surface area contributed by atoms with Crippen LogP contribution in [0.4, 0.5) is 5.69 Å². The molecule has 1 aromatic rings. The molecule has 1 atom stereocenters. The lowest BCUT2D eigenvalue weighted by Gasteiger charge is -2.25. The van der Waals surface area contributed by atoms with E-state index in [1.54, 1.807) is 0 Å². The first-order valence-corrected chi connectivity index (χ1v) is 6.13. The predicted molar refractivity (Wildman–Crippen MR) is 74.2 cm³/mol. The van der Waals surface area contributed by atoms with Crippen molar-refractivity contribution in [1.82, 2.24) is 0 Å². The lowest BCUT2D eigenvalue weighted by Crippen LogP contribution is -2.45. The van der Waals surface area contributed by atoms with Crippen LogP contribution in [0.3, 0.4) is 0 Å².